The Bertz CT molecular complexity index is 1280. The molecule has 0 heterocycles. The molecule has 232 valence electrons. The van der Waals surface area contributed by atoms with E-state index in [1.54, 1.807) is 24.3 Å². The Morgan fingerprint density at radius 1 is 0.744 bits per heavy atom. The van der Waals surface area contributed by atoms with E-state index in [-0.39, 0.29) is 43.9 Å². The number of hydrogen-bond donors (Lipinski definition) is 9. The van der Waals surface area contributed by atoms with Crippen LogP contribution in [0.25, 0.3) is 0 Å². The van der Waals surface area contributed by atoms with Gasteiger partial charge in [-0.25, -0.2) is 4.79 Å². The van der Waals surface area contributed by atoms with Crippen molar-refractivity contribution >= 4 is 35.6 Å². The molecule has 0 aromatic heterocycles. The molecular weight excluding hydrogens is 560 g/mol. The number of benzene rings is 2. The molecule has 0 spiro atoms. The van der Waals surface area contributed by atoms with E-state index in [1.807, 2.05) is 18.2 Å². The fourth-order valence-corrected chi connectivity index (χ4v) is 4.03. The van der Waals surface area contributed by atoms with Crippen LogP contribution in [0.5, 0.6) is 5.75 Å². The molecule has 0 aliphatic carbocycles. The average molecular weight is 599 g/mol. The third-order valence-corrected chi connectivity index (χ3v) is 6.24. The van der Waals surface area contributed by atoms with Gasteiger partial charge < -0.3 is 49.1 Å². The minimum absolute atomic E-state index is 0.000117. The first kappa shape index (κ1) is 34.0. The van der Waals surface area contributed by atoms with Crippen molar-refractivity contribution in [3.05, 3.63) is 65.7 Å². The molecule has 2 aromatic carbocycles. The number of phenols is 1. The van der Waals surface area contributed by atoms with Gasteiger partial charge in [-0.3, -0.25) is 24.2 Å². The van der Waals surface area contributed by atoms with E-state index in [4.69, 9.17) is 22.9 Å². The Balaban J connectivity index is 2.27. The molecule has 0 saturated carbocycles. The lowest BCUT2D eigenvalue weighted by atomic mass is 10.0. The maximum Gasteiger partial charge on any atom is 0.326 e. The number of nitrogens with zero attached hydrogens (tertiary/aromatic N) is 1. The van der Waals surface area contributed by atoms with Crippen LogP contribution in [0.2, 0.25) is 0 Å². The maximum absolute atomic E-state index is 13.5. The van der Waals surface area contributed by atoms with Crippen molar-refractivity contribution in [2.45, 2.75) is 56.3 Å². The van der Waals surface area contributed by atoms with Crippen LogP contribution in [0, 0.1) is 0 Å². The van der Waals surface area contributed by atoms with Gasteiger partial charge in [-0.2, -0.15) is 0 Å². The second-order valence-electron chi connectivity index (χ2n) is 9.81. The van der Waals surface area contributed by atoms with Gasteiger partial charge >= 0.3 is 5.97 Å². The molecule has 0 aliphatic heterocycles. The number of carboxylic acid groups (broad SMARTS) is 1. The Kier molecular flexibility index (Phi) is 13.4. The number of aliphatic imine (C=N–C) groups is 1. The van der Waals surface area contributed by atoms with Crippen molar-refractivity contribution in [1.82, 2.24) is 16.0 Å². The summed E-state index contributed by atoms with van der Waals surface area (Å²) in [5, 5.41) is 26.4. The number of aliphatic carboxylic acids is 1. The minimum atomic E-state index is -1.63. The number of carbonyl (C=O) groups excluding carboxylic acids is 4. The number of amides is 4. The Morgan fingerprint density at radius 3 is 1.88 bits per heavy atom. The topological polar surface area (TPSA) is 278 Å². The predicted molar refractivity (Wildman–Crippen MR) is 157 cm³/mol. The number of hydrogen-bond acceptors (Lipinski definition) is 8. The molecule has 4 amide bonds. The quantitative estimate of drug-likeness (QED) is 0.0547. The summed E-state index contributed by atoms with van der Waals surface area (Å²) in [6, 6.07) is 9.85. The van der Waals surface area contributed by atoms with Gasteiger partial charge in [-0.1, -0.05) is 42.5 Å². The minimum Gasteiger partial charge on any atom is -0.508 e. The predicted octanol–water partition coefficient (Wildman–Crippen LogP) is -2.03. The van der Waals surface area contributed by atoms with Crippen molar-refractivity contribution in [1.29, 1.82) is 0 Å². The highest BCUT2D eigenvalue weighted by Gasteiger charge is 2.31. The van der Waals surface area contributed by atoms with Crippen LogP contribution in [0.4, 0.5) is 0 Å². The molecule has 13 N–H and O–H groups in total. The molecule has 0 aliphatic rings. The summed E-state index contributed by atoms with van der Waals surface area (Å²) in [5.74, 6) is -4.92. The first-order valence-electron chi connectivity index (χ1n) is 13.4. The zero-order chi connectivity index (χ0) is 31.9. The Hall–Kier alpha value is -5.18. The fourth-order valence-electron chi connectivity index (χ4n) is 4.03. The number of primary amides is 1. The third-order valence-electron chi connectivity index (χ3n) is 6.24. The molecule has 15 nitrogen and oxygen atoms in total. The first-order chi connectivity index (χ1) is 20.3. The lowest BCUT2D eigenvalue weighted by Gasteiger charge is -2.25. The monoisotopic (exact) mass is 598 g/mol. The van der Waals surface area contributed by atoms with Gasteiger partial charge in [0.15, 0.2) is 5.96 Å². The summed E-state index contributed by atoms with van der Waals surface area (Å²) in [6.07, 6.45) is -0.315. The van der Waals surface area contributed by atoms with E-state index in [2.05, 4.69) is 20.9 Å². The van der Waals surface area contributed by atoms with Gasteiger partial charge in [0.1, 0.15) is 23.9 Å². The molecule has 2 aromatic rings. The van der Waals surface area contributed by atoms with Crippen LogP contribution in [0.3, 0.4) is 0 Å². The fraction of sp³-hybridized carbons (Fsp3) is 0.357. The van der Waals surface area contributed by atoms with Crippen LogP contribution in [-0.2, 0) is 36.8 Å². The SMILES string of the molecule is NC(=O)CC(NC(=O)C(CCCN=C(N)N)NC(=O)C(Cc1ccc(O)cc1)NC(=O)C(N)Cc1ccccc1)C(=O)O. The van der Waals surface area contributed by atoms with Crippen molar-refractivity contribution in [3.8, 4) is 5.75 Å². The van der Waals surface area contributed by atoms with Gasteiger partial charge in [-0.15, -0.1) is 0 Å². The number of nitrogens with two attached hydrogens (primary N) is 4. The normalized spacial score (nSPS) is 13.4. The molecule has 4 unspecified atom stereocenters. The number of guanidine groups is 1. The van der Waals surface area contributed by atoms with Gasteiger partial charge in [0.05, 0.1) is 12.5 Å². The lowest BCUT2D eigenvalue weighted by molar-refractivity contribution is -0.143. The van der Waals surface area contributed by atoms with Crippen LogP contribution < -0.4 is 38.9 Å². The highest BCUT2D eigenvalue weighted by molar-refractivity contribution is 5.95. The average Bonchev–Trinajstić information content (AvgIpc) is 2.94. The highest BCUT2D eigenvalue weighted by atomic mass is 16.4. The van der Waals surface area contributed by atoms with Gasteiger partial charge in [0.25, 0.3) is 0 Å². The van der Waals surface area contributed by atoms with Crippen molar-refractivity contribution in [2.75, 3.05) is 6.54 Å². The van der Waals surface area contributed by atoms with Crippen LogP contribution >= 0.6 is 0 Å². The van der Waals surface area contributed by atoms with E-state index in [1.165, 1.54) is 12.1 Å². The molecule has 15 heteroatoms. The standard InChI is InChI=1S/C28H38N8O7/c29-19(13-16-5-2-1-3-6-16)24(39)35-21(14-17-8-10-18(37)11-9-17)26(41)34-20(7-4-12-33-28(31)32)25(40)36-22(27(42)43)15-23(30)38/h1-3,5-6,8-11,19-22,37H,4,7,12-15,29H2,(H2,30,38)(H,34,41)(H,35,39)(H,36,40)(H,42,43)(H4,31,32,33). The van der Waals surface area contributed by atoms with Crippen molar-refractivity contribution in [3.63, 3.8) is 0 Å². The summed E-state index contributed by atoms with van der Waals surface area (Å²) in [6.45, 7) is 0.105. The Morgan fingerprint density at radius 2 is 1.30 bits per heavy atom. The molecule has 43 heavy (non-hydrogen) atoms. The molecule has 0 radical (unpaired) electrons. The summed E-state index contributed by atoms with van der Waals surface area (Å²) < 4.78 is 0. The zero-order valence-electron chi connectivity index (χ0n) is 23.4. The Labute approximate surface area is 248 Å². The molecule has 2 rings (SSSR count). The third kappa shape index (κ3) is 12.5. The van der Waals surface area contributed by atoms with E-state index in [9.17, 15) is 34.2 Å². The molecule has 4 atom stereocenters. The summed E-state index contributed by atoms with van der Waals surface area (Å²) in [5.41, 5.74) is 23.3. The summed E-state index contributed by atoms with van der Waals surface area (Å²) >= 11 is 0. The molecule has 0 saturated heterocycles. The van der Waals surface area contributed by atoms with Gasteiger partial charge in [0, 0.05) is 13.0 Å². The highest BCUT2D eigenvalue weighted by Crippen LogP contribution is 2.12. The largest absolute Gasteiger partial charge is 0.508 e. The van der Waals surface area contributed by atoms with Gasteiger partial charge in [0.2, 0.25) is 23.6 Å². The van der Waals surface area contributed by atoms with E-state index in [0.717, 1.165) is 5.56 Å². The number of rotatable bonds is 17. The van der Waals surface area contributed by atoms with E-state index >= 15 is 0 Å². The first-order valence-corrected chi connectivity index (χ1v) is 13.4. The van der Waals surface area contributed by atoms with Crippen LogP contribution in [0.1, 0.15) is 30.4 Å². The smallest absolute Gasteiger partial charge is 0.326 e. The second-order valence-corrected chi connectivity index (χ2v) is 9.81. The van der Waals surface area contributed by atoms with Crippen LogP contribution in [-0.4, -0.2) is 76.5 Å². The molecular formula is C28H38N8O7. The van der Waals surface area contributed by atoms with Crippen molar-refractivity contribution in [2.24, 2.45) is 27.9 Å². The molecule has 0 fully saturated rings. The lowest BCUT2D eigenvalue weighted by Crippen LogP contribution is -2.58. The summed E-state index contributed by atoms with van der Waals surface area (Å²) in [7, 11) is 0. The van der Waals surface area contributed by atoms with E-state index < -0.39 is 60.2 Å². The maximum atomic E-state index is 13.5. The molecule has 0 bridgehead atoms. The number of phenolic OH excluding ortho intramolecular Hbond substituents is 1. The number of nitrogens with one attached hydrogen (secondary N) is 3. The summed E-state index contributed by atoms with van der Waals surface area (Å²) in [4.78, 5) is 66.4. The number of carboxylic acids is 1. The second kappa shape index (κ2) is 16.9. The van der Waals surface area contributed by atoms with Crippen molar-refractivity contribution < 1.29 is 34.2 Å². The van der Waals surface area contributed by atoms with E-state index in [0.29, 0.717) is 5.56 Å². The van der Waals surface area contributed by atoms with Crippen LogP contribution in [0.15, 0.2) is 59.6 Å². The van der Waals surface area contributed by atoms with Gasteiger partial charge in [-0.05, 0) is 42.5 Å². The number of carbonyl (C=O) groups is 5. The number of aromatic hydroxyl groups is 1. The zero-order valence-corrected chi connectivity index (χ0v) is 23.4.